The highest BCUT2D eigenvalue weighted by Crippen LogP contribution is 2.51. The Kier molecular flexibility index (Phi) is 4.25. The minimum Gasteiger partial charge on any atom is -0.358 e. The SMILES string of the molecule is CC.Cc1ccc(C2(c3c[nH]c4c(F)cccc34)CCC2)cc1. The number of aromatic amines is 1. The third-order valence-electron chi connectivity index (χ3n) is 4.99. The highest BCUT2D eigenvalue weighted by Gasteiger charge is 2.41. The maximum absolute atomic E-state index is 13.9. The van der Waals surface area contributed by atoms with Gasteiger partial charge in [0.15, 0.2) is 0 Å². The first kappa shape index (κ1) is 15.8. The highest BCUT2D eigenvalue weighted by molar-refractivity contribution is 5.85. The van der Waals surface area contributed by atoms with Crippen LogP contribution in [0, 0.1) is 12.7 Å². The maximum atomic E-state index is 13.9. The van der Waals surface area contributed by atoms with Gasteiger partial charge in [-0.2, -0.15) is 0 Å². The second-order valence-corrected chi connectivity index (χ2v) is 6.17. The molecule has 0 radical (unpaired) electrons. The van der Waals surface area contributed by atoms with E-state index in [2.05, 4.69) is 36.2 Å². The number of para-hydroxylation sites is 1. The summed E-state index contributed by atoms with van der Waals surface area (Å²) in [5, 5.41) is 1.02. The molecular formula is C21H24FN. The Bertz CT molecular complexity index is 794. The van der Waals surface area contributed by atoms with E-state index in [-0.39, 0.29) is 11.2 Å². The van der Waals surface area contributed by atoms with Gasteiger partial charge in [-0.05, 0) is 37.0 Å². The third-order valence-corrected chi connectivity index (χ3v) is 4.99. The first-order valence-corrected chi connectivity index (χ1v) is 8.54. The molecule has 1 N–H and O–H groups in total. The molecule has 120 valence electrons. The van der Waals surface area contributed by atoms with Gasteiger partial charge >= 0.3 is 0 Å². The second kappa shape index (κ2) is 6.19. The molecule has 0 amide bonds. The van der Waals surface area contributed by atoms with Gasteiger partial charge < -0.3 is 4.98 Å². The van der Waals surface area contributed by atoms with Crippen LogP contribution >= 0.6 is 0 Å². The van der Waals surface area contributed by atoms with Gasteiger partial charge in [0.05, 0.1) is 5.52 Å². The largest absolute Gasteiger partial charge is 0.358 e. The monoisotopic (exact) mass is 309 g/mol. The van der Waals surface area contributed by atoms with Crippen molar-refractivity contribution in [3.05, 3.63) is 71.2 Å². The number of benzene rings is 2. The van der Waals surface area contributed by atoms with Gasteiger partial charge in [0.2, 0.25) is 0 Å². The zero-order chi connectivity index (χ0) is 16.4. The molecular weight excluding hydrogens is 285 g/mol. The van der Waals surface area contributed by atoms with Gasteiger partial charge in [-0.15, -0.1) is 0 Å². The van der Waals surface area contributed by atoms with Crippen molar-refractivity contribution in [2.45, 2.75) is 45.4 Å². The predicted molar refractivity (Wildman–Crippen MR) is 95.4 cm³/mol. The van der Waals surface area contributed by atoms with Crippen LogP contribution in [-0.2, 0) is 5.41 Å². The molecule has 0 unspecified atom stereocenters. The summed E-state index contributed by atoms with van der Waals surface area (Å²) in [4.78, 5) is 3.14. The number of aryl methyl sites for hydroxylation is 1. The zero-order valence-electron chi connectivity index (χ0n) is 14.1. The lowest BCUT2D eigenvalue weighted by Gasteiger charge is -2.42. The molecule has 1 nitrogen and oxygen atoms in total. The maximum Gasteiger partial charge on any atom is 0.147 e. The predicted octanol–water partition coefficient (Wildman–Crippen LogP) is 6.11. The molecule has 4 rings (SSSR count). The number of rotatable bonds is 2. The van der Waals surface area contributed by atoms with E-state index in [0.29, 0.717) is 5.52 Å². The van der Waals surface area contributed by atoms with Crippen LogP contribution in [0.3, 0.4) is 0 Å². The summed E-state index contributed by atoms with van der Waals surface area (Å²) < 4.78 is 13.9. The van der Waals surface area contributed by atoms with Crippen molar-refractivity contribution in [1.29, 1.82) is 0 Å². The Morgan fingerprint density at radius 1 is 1.00 bits per heavy atom. The van der Waals surface area contributed by atoms with Gasteiger partial charge in [-0.3, -0.25) is 0 Å². The number of aromatic nitrogens is 1. The number of hydrogen-bond acceptors (Lipinski definition) is 0. The second-order valence-electron chi connectivity index (χ2n) is 6.17. The fraction of sp³-hybridized carbons (Fsp3) is 0.333. The molecule has 1 aromatic heterocycles. The fourth-order valence-electron chi connectivity index (χ4n) is 3.63. The van der Waals surface area contributed by atoms with Gasteiger partial charge in [0.25, 0.3) is 0 Å². The van der Waals surface area contributed by atoms with Gasteiger partial charge in [0.1, 0.15) is 5.82 Å². The lowest BCUT2D eigenvalue weighted by atomic mass is 9.60. The minimum absolute atomic E-state index is 0.0553. The summed E-state index contributed by atoms with van der Waals surface area (Å²) in [5.74, 6) is -0.169. The van der Waals surface area contributed by atoms with Crippen molar-refractivity contribution in [2.75, 3.05) is 0 Å². The summed E-state index contributed by atoms with van der Waals surface area (Å²) >= 11 is 0. The summed E-state index contributed by atoms with van der Waals surface area (Å²) in [7, 11) is 0. The molecule has 2 aromatic carbocycles. The van der Waals surface area contributed by atoms with Crippen LogP contribution in [0.2, 0.25) is 0 Å². The lowest BCUT2D eigenvalue weighted by molar-refractivity contribution is 0.304. The molecule has 3 aromatic rings. The van der Waals surface area contributed by atoms with Crippen molar-refractivity contribution in [2.24, 2.45) is 0 Å². The average molecular weight is 309 g/mol. The van der Waals surface area contributed by atoms with Crippen molar-refractivity contribution in [3.8, 4) is 0 Å². The van der Waals surface area contributed by atoms with E-state index >= 15 is 0 Å². The first-order chi connectivity index (χ1) is 11.2. The topological polar surface area (TPSA) is 15.8 Å². The Hall–Kier alpha value is -2.09. The lowest BCUT2D eigenvalue weighted by Crippen LogP contribution is -2.35. The fourth-order valence-corrected chi connectivity index (χ4v) is 3.63. The van der Waals surface area contributed by atoms with E-state index < -0.39 is 0 Å². The number of nitrogens with one attached hydrogen (secondary N) is 1. The number of halogens is 1. The van der Waals surface area contributed by atoms with Crippen LogP contribution in [0.5, 0.6) is 0 Å². The molecule has 0 saturated heterocycles. The van der Waals surface area contributed by atoms with Crippen molar-refractivity contribution < 1.29 is 4.39 Å². The third kappa shape index (κ3) is 2.46. The Morgan fingerprint density at radius 3 is 2.30 bits per heavy atom. The van der Waals surface area contributed by atoms with E-state index in [1.54, 1.807) is 6.07 Å². The number of fused-ring (bicyclic) bond motifs is 1. The normalized spacial score (nSPS) is 15.7. The molecule has 1 heterocycles. The summed E-state index contributed by atoms with van der Waals surface area (Å²) in [6.07, 6.45) is 5.52. The van der Waals surface area contributed by atoms with E-state index in [9.17, 15) is 4.39 Å². The van der Waals surface area contributed by atoms with Gasteiger partial charge in [0, 0.05) is 17.0 Å². The molecule has 1 fully saturated rings. The molecule has 2 heteroatoms. The molecule has 23 heavy (non-hydrogen) atoms. The molecule has 1 aliphatic carbocycles. The Balaban J connectivity index is 0.000000753. The highest BCUT2D eigenvalue weighted by atomic mass is 19.1. The summed E-state index contributed by atoms with van der Waals surface area (Å²) in [6.45, 7) is 6.11. The van der Waals surface area contributed by atoms with Crippen LogP contribution in [0.1, 0.15) is 49.8 Å². The molecule has 0 atom stereocenters. The van der Waals surface area contributed by atoms with Crippen molar-refractivity contribution in [1.82, 2.24) is 4.98 Å². The summed E-state index contributed by atoms with van der Waals surface area (Å²) in [5.41, 5.74) is 4.56. The smallest absolute Gasteiger partial charge is 0.147 e. The van der Waals surface area contributed by atoms with Gasteiger partial charge in [-0.25, -0.2) is 4.39 Å². The van der Waals surface area contributed by atoms with E-state index in [0.717, 1.165) is 18.2 Å². The van der Waals surface area contributed by atoms with Crippen LogP contribution in [-0.4, -0.2) is 4.98 Å². The number of H-pyrrole nitrogens is 1. The molecule has 1 saturated carbocycles. The van der Waals surface area contributed by atoms with Crippen LogP contribution in [0.4, 0.5) is 4.39 Å². The molecule has 0 bridgehead atoms. The summed E-state index contributed by atoms with van der Waals surface area (Å²) in [6, 6.07) is 14.1. The van der Waals surface area contributed by atoms with Crippen LogP contribution in [0.15, 0.2) is 48.7 Å². The minimum atomic E-state index is -0.169. The van der Waals surface area contributed by atoms with Gasteiger partial charge in [-0.1, -0.05) is 62.2 Å². The Labute approximate surface area is 137 Å². The quantitative estimate of drug-likeness (QED) is 0.587. The van der Waals surface area contributed by atoms with E-state index in [1.807, 2.05) is 26.1 Å². The molecule has 1 aliphatic rings. The van der Waals surface area contributed by atoms with E-state index in [4.69, 9.17) is 0 Å². The molecule has 0 aliphatic heterocycles. The first-order valence-electron chi connectivity index (χ1n) is 8.54. The van der Waals surface area contributed by atoms with Crippen LogP contribution < -0.4 is 0 Å². The van der Waals surface area contributed by atoms with Crippen molar-refractivity contribution in [3.63, 3.8) is 0 Å². The van der Waals surface area contributed by atoms with Crippen LogP contribution in [0.25, 0.3) is 10.9 Å². The average Bonchev–Trinajstić information content (AvgIpc) is 2.96. The standard InChI is InChI=1S/C19H18FN.C2H6/c1-13-6-8-14(9-7-13)19(10-3-11-19)16-12-21-18-15(16)4-2-5-17(18)20;1-2/h2,4-9,12,21H,3,10-11H2,1H3;1-2H3. The zero-order valence-corrected chi connectivity index (χ0v) is 14.1. The molecule has 0 spiro atoms. The van der Waals surface area contributed by atoms with Crippen molar-refractivity contribution >= 4 is 10.9 Å². The Morgan fingerprint density at radius 2 is 1.70 bits per heavy atom. The van der Waals surface area contributed by atoms with E-state index in [1.165, 1.54) is 29.2 Å². The number of hydrogen-bond donors (Lipinski definition) is 1.